The van der Waals surface area contributed by atoms with Crippen LogP contribution in [-0.4, -0.2) is 28.3 Å². The molecule has 1 aliphatic heterocycles. The normalized spacial score (nSPS) is 19.5. The second-order valence-corrected chi connectivity index (χ2v) is 5.82. The first-order valence-electron chi connectivity index (χ1n) is 5.90. The summed E-state index contributed by atoms with van der Waals surface area (Å²) < 4.78 is 7.21. The average Bonchev–Trinajstić information content (AvgIpc) is 2.57. The minimum absolute atomic E-state index is 0.273. The molecule has 96 valence electrons. The zero-order valence-corrected chi connectivity index (χ0v) is 12.6. The zero-order chi connectivity index (χ0) is 12.5. The first kappa shape index (κ1) is 13.4. The highest BCUT2D eigenvalue weighted by molar-refractivity contribution is 9.09. The summed E-state index contributed by atoms with van der Waals surface area (Å²) in [5.74, 6) is 0. The predicted molar refractivity (Wildman–Crippen MR) is 72.9 cm³/mol. The molecule has 1 aliphatic rings. The zero-order valence-electron chi connectivity index (χ0n) is 10.3. The Morgan fingerprint density at radius 1 is 1.47 bits per heavy atom. The van der Waals surface area contributed by atoms with Gasteiger partial charge in [0.1, 0.15) is 5.15 Å². The fourth-order valence-corrected chi connectivity index (χ4v) is 3.41. The summed E-state index contributed by atoms with van der Waals surface area (Å²) in [6, 6.07) is 0. The Labute approximate surface area is 116 Å². The molecule has 0 aromatic carbocycles. The number of aryl methyl sites for hydroxylation is 2. The van der Waals surface area contributed by atoms with Gasteiger partial charge in [-0.1, -0.05) is 27.5 Å². The molecular weight excluding hydrogens is 304 g/mol. The summed E-state index contributed by atoms with van der Waals surface area (Å²) in [6.45, 7) is 3.73. The van der Waals surface area contributed by atoms with Crippen LogP contribution in [0.25, 0.3) is 0 Å². The van der Waals surface area contributed by atoms with Crippen molar-refractivity contribution in [3.63, 3.8) is 0 Å². The minimum atomic E-state index is 0.273. The van der Waals surface area contributed by atoms with Gasteiger partial charge in [0.05, 0.1) is 5.69 Å². The molecule has 0 unspecified atom stereocenters. The van der Waals surface area contributed by atoms with Crippen LogP contribution in [0.15, 0.2) is 0 Å². The third-order valence-electron chi connectivity index (χ3n) is 3.66. The summed E-state index contributed by atoms with van der Waals surface area (Å²) in [6.07, 6.45) is 3.16. The second-order valence-electron chi connectivity index (χ2n) is 4.90. The standard InChI is InChI=1S/C12H18BrClN2O/c1-9-10(11(14)16(2)15-9)7-12(8-13)3-5-17-6-4-12/h3-8H2,1-2H3. The van der Waals surface area contributed by atoms with Crippen molar-refractivity contribution < 1.29 is 4.74 Å². The van der Waals surface area contributed by atoms with Crippen LogP contribution in [0.4, 0.5) is 0 Å². The number of nitrogens with zero attached hydrogens (tertiary/aromatic N) is 2. The lowest BCUT2D eigenvalue weighted by molar-refractivity contribution is 0.0269. The first-order valence-corrected chi connectivity index (χ1v) is 7.40. The highest BCUT2D eigenvalue weighted by Gasteiger charge is 2.33. The Balaban J connectivity index is 2.23. The number of hydrogen-bond donors (Lipinski definition) is 0. The number of hydrogen-bond acceptors (Lipinski definition) is 2. The summed E-state index contributed by atoms with van der Waals surface area (Å²) in [5, 5.41) is 6.15. The Kier molecular flexibility index (Phi) is 4.16. The lowest BCUT2D eigenvalue weighted by Crippen LogP contribution is -2.33. The molecule has 0 saturated carbocycles. The van der Waals surface area contributed by atoms with E-state index in [1.54, 1.807) is 4.68 Å². The number of ether oxygens (including phenoxy) is 1. The molecule has 1 aromatic heterocycles. The maximum Gasteiger partial charge on any atom is 0.130 e. The fraction of sp³-hybridized carbons (Fsp3) is 0.750. The monoisotopic (exact) mass is 320 g/mol. The summed E-state index contributed by atoms with van der Waals surface area (Å²) in [5.41, 5.74) is 2.51. The fourth-order valence-electron chi connectivity index (χ4n) is 2.41. The van der Waals surface area contributed by atoms with Gasteiger partial charge in [0.25, 0.3) is 0 Å². The molecule has 1 saturated heterocycles. The lowest BCUT2D eigenvalue weighted by atomic mass is 9.77. The van der Waals surface area contributed by atoms with Crippen molar-refractivity contribution in [2.24, 2.45) is 12.5 Å². The van der Waals surface area contributed by atoms with E-state index < -0.39 is 0 Å². The molecule has 2 heterocycles. The number of halogens is 2. The molecule has 0 radical (unpaired) electrons. The van der Waals surface area contributed by atoms with E-state index in [-0.39, 0.29) is 5.41 Å². The van der Waals surface area contributed by atoms with Gasteiger partial charge in [0, 0.05) is 31.2 Å². The van der Waals surface area contributed by atoms with Crippen LogP contribution in [0.1, 0.15) is 24.1 Å². The Bertz CT molecular complexity index is 399. The largest absolute Gasteiger partial charge is 0.381 e. The van der Waals surface area contributed by atoms with Gasteiger partial charge in [-0.05, 0) is 31.6 Å². The number of aromatic nitrogens is 2. The van der Waals surface area contributed by atoms with Crippen LogP contribution in [0.3, 0.4) is 0 Å². The molecule has 5 heteroatoms. The van der Waals surface area contributed by atoms with Gasteiger partial charge in [-0.15, -0.1) is 0 Å². The second kappa shape index (κ2) is 5.29. The number of rotatable bonds is 3. The average molecular weight is 322 g/mol. The maximum atomic E-state index is 6.31. The molecule has 2 rings (SSSR count). The van der Waals surface area contributed by atoms with Crippen molar-refractivity contribution in [3.8, 4) is 0 Å². The van der Waals surface area contributed by atoms with Crippen LogP contribution in [0.2, 0.25) is 5.15 Å². The summed E-state index contributed by atoms with van der Waals surface area (Å²) in [7, 11) is 1.89. The van der Waals surface area contributed by atoms with E-state index in [2.05, 4.69) is 21.0 Å². The van der Waals surface area contributed by atoms with E-state index in [9.17, 15) is 0 Å². The quantitative estimate of drug-likeness (QED) is 0.800. The maximum absolute atomic E-state index is 6.31. The van der Waals surface area contributed by atoms with Crippen LogP contribution < -0.4 is 0 Å². The van der Waals surface area contributed by atoms with Crippen molar-refractivity contribution in [2.75, 3.05) is 18.5 Å². The SMILES string of the molecule is Cc1nn(C)c(Cl)c1CC1(CBr)CCOCC1. The van der Waals surface area contributed by atoms with Crippen molar-refractivity contribution in [1.29, 1.82) is 0 Å². The molecule has 0 amide bonds. The van der Waals surface area contributed by atoms with E-state index in [0.717, 1.165) is 48.7 Å². The van der Waals surface area contributed by atoms with Crippen molar-refractivity contribution >= 4 is 27.5 Å². The van der Waals surface area contributed by atoms with Gasteiger partial charge in [-0.2, -0.15) is 5.10 Å². The van der Waals surface area contributed by atoms with E-state index in [0.29, 0.717) is 0 Å². The molecule has 17 heavy (non-hydrogen) atoms. The Morgan fingerprint density at radius 3 is 2.59 bits per heavy atom. The Morgan fingerprint density at radius 2 is 2.12 bits per heavy atom. The summed E-state index contributed by atoms with van der Waals surface area (Å²) in [4.78, 5) is 0. The van der Waals surface area contributed by atoms with Gasteiger partial charge in [-0.25, -0.2) is 0 Å². The highest BCUT2D eigenvalue weighted by Crippen LogP contribution is 2.38. The van der Waals surface area contributed by atoms with Crippen LogP contribution >= 0.6 is 27.5 Å². The van der Waals surface area contributed by atoms with Crippen LogP contribution in [0.5, 0.6) is 0 Å². The van der Waals surface area contributed by atoms with Crippen molar-refractivity contribution in [2.45, 2.75) is 26.2 Å². The van der Waals surface area contributed by atoms with Crippen LogP contribution in [0, 0.1) is 12.3 Å². The number of alkyl halides is 1. The third kappa shape index (κ3) is 2.69. The van der Waals surface area contributed by atoms with Gasteiger partial charge in [0.2, 0.25) is 0 Å². The summed E-state index contributed by atoms with van der Waals surface area (Å²) >= 11 is 9.96. The van der Waals surface area contributed by atoms with Gasteiger partial charge < -0.3 is 4.74 Å². The highest BCUT2D eigenvalue weighted by atomic mass is 79.9. The Hall–Kier alpha value is -0.0600. The smallest absolute Gasteiger partial charge is 0.130 e. The molecule has 0 spiro atoms. The van der Waals surface area contributed by atoms with Crippen LogP contribution in [-0.2, 0) is 18.2 Å². The topological polar surface area (TPSA) is 27.1 Å². The van der Waals surface area contributed by atoms with Crippen molar-refractivity contribution in [1.82, 2.24) is 9.78 Å². The van der Waals surface area contributed by atoms with Crippen molar-refractivity contribution in [3.05, 3.63) is 16.4 Å². The van der Waals surface area contributed by atoms with E-state index >= 15 is 0 Å². The molecule has 0 N–H and O–H groups in total. The molecular formula is C12H18BrClN2O. The lowest BCUT2D eigenvalue weighted by Gasteiger charge is -2.35. The van der Waals surface area contributed by atoms with E-state index in [1.165, 1.54) is 5.56 Å². The van der Waals surface area contributed by atoms with E-state index in [1.807, 2.05) is 14.0 Å². The molecule has 0 aliphatic carbocycles. The molecule has 1 aromatic rings. The molecule has 0 bridgehead atoms. The van der Waals surface area contributed by atoms with Gasteiger partial charge in [-0.3, -0.25) is 4.68 Å². The molecule has 0 atom stereocenters. The van der Waals surface area contributed by atoms with E-state index in [4.69, 9.17) is 16.3 Å². The third-order valence-corrected chi connectivity index (χ3v) is 5.32. The first-order chi connectivity index (χ1) is 8.08. The molecule has 3 nitrogen and oxygen atoms in total. The van der Waals surface area contributed by atoms with Gasteiger partial charge >= 0.3 is 0 Å². The molecule has 1 fully saturated rings. The minimum Gasteiger partial charge on any atom is -0.381 e. The van der Waals surface area contributed by atoms with Gasteiger partial charge in [0.15, 0.2) is 0 Å². The predicted octanol–water partition coefficient (Wildman–Crippen LogP) is 3.12.